The number of H-pyrrole nitrogens is 1. The lowest BCUT2D eigenvalue weighted by Crippen LogP contribution is -2.24. The zero-order chi connectivity index (χ0) is 13.1. The maximum atomic E-state index is 11.7. The summed E-state index contributed by atoms with van der Waals surface area (Å²) >= 11 is 0. The van der Waals surface area contributed by atoms with Gasteiger partial charge in [0.25, 0.3) is 5.91 Å². The third-order valence-electron chi connectivity index (χ3n) is 2.30. The molecule has 2 N–H and O–H groups in total. The zero-order valence-corrected chi connectivity index (χ0v) is 10.1. The fourth-order valence-corrected chi connectivity index (χ4v) is 1.54. The highest BCUT2D eigenvalue weighted by molar-refractivity contribution is 5.91. The third-order valence-corrected chi connectivity index (χ3v) is 2.30. The minimum Gasteiger partial charge on any atom is -0.456 e. The number of carbonyl (C=O) groups excluding carboxylic acids is 1. The van der Waals surface area contributed by atoms with E-state index in [0.29, 0.717) is 5.76 Å². The van der Waals surface area contributed by atoms with Crippen molar-refractivity contribution in [2.75, 3.05) is 0 Å². The number of amides is 1. The minimum absolute atomic E-state index is 0.00672. The summed E-state index contributed by atoms with van der Waals surface area (Å²) in [6.07, 6.45) is 0. The lowest BCUT2D eigenvalue weighted by Gasteiger charge is -2.02. The average molecular weight is 247 g/mol. The third kappa shape index (κ3) is 2.85. The topological polar surface area (TPSA) is 88.0 Å². The Kier molecular flexibility index (Phi) is 3.27. The van der Waals surface area contributed by atoms with E-state index in [0.717, 1.165) is 17.5 Å². The van der Waals surface area contributed by atoms with Crippen LogP contribution in [-0.2, 0) is 6.54 Å². The predicted octanol–water partition coefficient (Wildman–Crippen LogP) is 0.910. The molecule has 94 valence electrons. The number of aromatic amines is 1. The van der Waals surface area contributed by atoms with Gasteiger partial charge in [-0.1, -0.05) is 0 Å². The van der Waals surface area contributed by atoms with Gasteiger partial charge in [0, 0.05) is 17.8 Å². The molecule has 0 bridgehead atoms. The SMILES string of the molecule is Cc1cc(CNC(=O)c2cc(=O)cc(C)o2)n[nH]1. The van der Waals surface area contributed by atoms with Crippen molar-refractivity contribution in [2.45, 2.75) is 20.4 Å². The normalized spacial score (nSPS) is 10.3. The standard InChI is InChI=1S/C12H13N3O3/c1-7-3-9(15-14-7)6-13-12(17)11-5-10(16)4-8(2)18-11/h3-5H,6H2,1-2H3,(H,13,17)(H,14,15). The van der Waals surface area contributed by atoms with Gasteiger partial charge in [-0.2, -0.15) is 5.10 Å². The molecule has 0 aliphatic heterocycles. The van der Waals surface area contributed by atoms with E-state index in [-0.39, 0.29) is 17.7 Å². The van der Waals surface area contributed by atoms with E-state index in [2.05, 4.69) is 15.5 Å². The Morgan fingerprint density at radius 3 is 2.78 bits per heavy atom. The fraction of sp³-hybridized carbons (Fsp3) is 0.250. The number of nitrogens with zero attached hydrogens (tertiary/aromatic N) is 1. The second kappa shape index (κ2) is 4.87. The summed E-state index contributed by atoms with van der Waals surface area (Å²) in [5.74, 6) is -0.0213. The van der Waals surface area contributed by atoms with Crippen molar-refractivity contribution < 1.29 is 9.21 Å². The second-order valence-corrected chi connectivity index (χ2v) is 3.99. The molecule has 1 amide bonds. The molecule has 0 aliphatic rings. The Hall–Kier alpha value is -2.37. The summed E-state index contributed by atoms with van der Waals surface area (Å²) in [5, 5.41) is 9.39. The molecule has 2 aromatic rings. The lowest BCUT2D eigenvalue weighted by atomic mass is 10.3. The summed E-state index contributed by atoms with van der Waals surface area (Å²) in [7, 11) is 0. The van der Waals surface area contributed by atoms with Crippen molar-refractivity contribution in [2.24, 2.45) is 0 Å². The van der Waals surface area contributed by atoms with Crippen LogP contribution >= 0.6 is 0 Å². The summed E-state index contributed by atoms with van der Waals surface area (Å²) in [5.41, 5.74) is 1.39. The molecule has 0 aliphatic carbocycles. The van der Waals surface area contributed by atoms with Crippen LogP contribution in [0.15, 0.2) is 27.4 Å². The molecular formula is C12H13N3O3. The van der Waals surface area contributed by atoms with Crippen LogP contribution in [0.3, 0.4) is 0 Å². The van der Waals surface area contributed by atoms with Gasteiger partial charge in [-0.05, 0) is 19.9 Å². The van der Waals surface area contributed by atoms with E-state index in [4.69, 9.17) is 4.42 Å². The monoisotopic (exact) mass is 247 g/mol. The van der Waals surface area contributed by atoms with Gasteiger partial charge in [0.1, 0.15) is 5.76 Å². The van der Waals surface area contributed by atoms with Gasteiger partial charge in [0.2, 0.25) is 0 Å². The zero-order valence-electron chi connectivity index (χ0n) is 10.1. The maximum absolute atomic E-state index is 11.7. The highest BCUT2D eigenvalue weighted by Crippen LogP contribution is 2.01. The van der Waals surface area contributed by atoms with Crippen molar-refractivity contribution in [1.82, 2.24) is 15.5 Å². The number of aryl methyl sites for hydroxylation is 2. The molecule has 6 nitrogen and oxygen atoms in total. The van der Waals surface area contributed by atoms with Crippen LogP contribution in [0.25, 0.3) is 0 Å². The van der Waals surface area contributed by atoms with Crippen molar-refractivity contribution in [3.63, 3.8) is 0 Å². The summed E-state index contributed by atoms with van der Waals surface area (Å²) < 4.78 is 5.17. The molecule has 0 radical (unpaired) electrons. The largest absolute Gasteiger partial charge is 0.456 e. The first-order valence-corrected chi connectivity index (χ1v) is 5.45. The number of aromatic nitrogens is 2. The van der Waals surface area contributed by atoms with Gasteiger partial charge >= 0.3 is 0 Å². The summed E-state index contributed by atoms with van der Waals surface area (Å²) in [6.45, 7) is 3.77. The Bertz CT molecular complexity index is 627. The van der Waals surface area contributed by atoms with Gasteiger partial charge in [0.15, 0.2) is 11.2 Å². The van der Waals surface area contributed by atoms with Crippen LogP contribution in [0.2, 0.25) is 0 Å². The molecule has 0 atom stereocenters. The van der Waals surface area contributed by atoms with Crippen molar-refractivity contribution in [3.05, 3.63) is 51.3 Å². The van der Waals surface area contributed by atoms with Gasteiger partial charge < -0.3 is 9.73 Å². The molecule has 0 fully saturated rings. The molecular weight excluding hydrogens is 234 g/mol. The van der Waals surface area contributed by atoms with Gasteiger partial charge in [-0.3, -0.25) is 14.7 Å². The minimum atomic E-state index is -0.434. The Balaban J connectivity index is 2.05. The van der Waals surface area contributed by atoms with Crippen LogP contribution in [0, 0.1) is 13.8 Å². The quantitative estimate of drug-likeness (QED) is 0.843. The van der Waals surface area contributed by atoms with Crippen molar-refractivity contribution >= 4 is 5.91 Å². The van der Waals surface area contributed by atoms with E-state index >= 15 is 0 Å². The van der Waals surface area contributed by atoms with Crippen LogP contribution in [-0.4, -0.2) is 16.1 Å². The molecule has 6 heteroatoms. The van der Waals surface area contributed by atoms with Crippen molar-refractivity contribution in [1.29, 1.82) is 0 Å². The van der Waals surface area contributed by atoms with Crippen LogP contribution in [0.1, 0.15) is 27.7 Å². The molecule has 2 aromatic heterocycles. The molecule has 2 heterocycles. The van der Waals surface area contributed by atoms with E-state index in [1.165, 1.54) is 6.07 Å². The Morgan fingerprint density at radius 2 is 2.17 bits per heavy atom. The average Bonchev–Trinajstić information content (AvgIpc) is 2.70. The second-order valence-electron chi connectivity index (χ2n) is 3.99. The van der Waals surface area contributed by atoms with E-state index < -0.39 is 5.91 Å². The fourth-order valence-electron chi connectivity index (χ4n) is 1.54. The van der Waals surface area contributed by atoms with Crippen LogP contribution in [0.4, 0.5) is 0 Å². The molecule has 0 unspecified atom stereocenters. The van der Waals surface area contributed by atoms with Crippen LogP contribution in [0.5, 0.6) is 0 Å². The lowest BCUT2D eigenvalue weighted by molar-refractivity contribution is 0.0918. The van der Waals surface area contributed by atoms with Gasteiger partial charge in [0.05, 0.1) is 12.2 Å². The van der Waals surface area contributed by atoms with E-state index in [1.807, 2.05) is 13.0 Å². The highest BCUT2D eigenvalue weighted by atomic mass is 16.3. The number of hydrogen-bond acceptors (Lipinski definition) is 4. The molecule has 0 spiro atoms. The Morgan fingerprint density at radius 1 is 1.39 bits per heavy atom. The van der Waals surface area contributed by atoms with E-state index in [1.54, 1.807) is 6.92 Å². The summed E-state index contributed by atoms with van der Waals surface area (Å²) in [4.78, 5) is 23.0. The first-order valence-electron chi connectivity index (χ1n) is 5.45. The smallest absolute Gasteiger partial charge is 0.287 e. The molecule has 18 heavy (non-hydrogen) atoms. The highest BCUT2D eigenvalue weighted by Gasteiger charge is 2.10. The predicted molar refractivity (Wildman–Crippen MR) is 64.2 cm³/mol. The van der Waals surface area contributed by atoms with Gasteiger partial charge in [-0.15, -0.1) is 0 Å². The molecule has 2 rings (SSSR count). The molecule has 0 saturated carbocycles. The number of rotatable bonds is 3. The molecule has 0 saturated heterocycles. The maximum Gasteiger partial charge on any atom is 0.287 e. The Labute approximate surface area is 103 Å². The number of hydrogen-bond donors (Lipinski definition) is 2. The molecule has 0 aromatic carbocycles. The van der Waals surface area contributed by atoms with Crippen LogP contribution < -0.4 is 10.7 Å². The number of nitrogens with one attached hydrogen (secondary N) is 2. The van der Waals surface area contributed by atoms with Crippen molar-refractivity contribution in [3.8, 4) is 0 Å². The van der Waals surface area contributed by atoms with Gasteiger partial charge in [-0.25, -0.2) is 0 Å². The first-order chi connectivity index (χ1) is 8.54. The number of carbonyl (C=O) groups is 1. The van der Waals surface area contributed by atoms with E-state index in [9.17, 15) is 9.59 Å². The summed E-state index contributed by atoms with van der Waals surface area (Å²) in [6, 6.07) is 4.32. The first kappa shape index (κ1) is 12.1.